The van der Waals surface area contributed by atoms with Crippen molar-refractivity contribution in [3.05, 3.63) is 0 Å². The van der Waals surface area contributed by atoms with Gasteiger partial charge < -0.3 is 16.0 Å². The highest BCUT2D eigenvalue weighted by atomic mass is 16.1. The zero-order chi connectivity index (χ0) is 10.3. The molecule has 4 heteroatoms. The van der Waals surface area contributed by atoms with Crippen LogP contribution in [0.25, 0.3) is 0 Å². The number of rotatable bonds is 6. The minimum absolute atomic E-state index is 0.0237. The molecule has 0 aliphatic carbocycles. The number of nitrogens with one attached hydrogen (secondary N) is 3. The van der Waals surface area contributed by atoms with E-state index in [1.165, 1.54) is 6.92 Å². The summed E-state index contributed by atoms with van der Waals surface area (Å²) in [5.74, 6) is 0.0237. The van der Waals surface area contributed by atoms with Gasteiger partial charge in [-0.15, -0.1) is 0 Å². The molecule has 0 saturated heterocycles. The normalized spacial score (nSPS) is 15.1. The number of hydrogen-bond donors (Lipinski definition) is 3. The van der Waals surface area contributed by atoms with Crippen LogP contribution in [0.2, 0.25) is 0 Å². The topological polar surface area (TPSA) is 53.2 Å². The van der Waals surface area contributed by atoms with Gasteiger partial charge in [0.2, 0.25) is 5.91 Å². The Morgan fingerprint density at radius 3 is 2.31 bits per heavy atom. The second kappa shape index (κ2) is 6.86. The Morgan fingerprint density at radius 1 is 1.23 bits per heavy atom. The number of hydrogen-bond acceptors (Lipinski definition) is 3. The van der Waals surface area contributed by atoms with Crippen molar-refractivity contribution in [1.29, 1.82) is 0 Å². The first-order valence-electron chi connectivity index (χ1n) is 4.71. The van der Waals surface area contributed by atoms with E-state index in [9.17, 15) is 4.79 Å². The van der Waals surface area contributed by atoms with Gasteiger partial charge in [0.15, 0.2) is 0 Å². The van der Waals surface area contributed by atoms with Gasteiger partial charge in [-0.2, -0.15) is 0 Å². The Labute approximate surface area is 80.5 Å². The van der Waals surface area contributed by atoms with Crippen LogP contribution < -0.4 is 16.0 Å². The molecule has 4 nitrogen and oxygen atoms in total. The molecule has 0 heterocycles. The average Bonchev–Trinajstić information content (AvgIpc) is 2.00. The fraction of sp³-hybridized carbons (Fsp3) is 0.889. The van der Waals surface area contributed by atoms with E-state index < -0.39 is 0 Å². The Hall–Kier alpha value is -0.610. The summed E-state index contributed by atoms with van der Waals surface area (Å²) in [6.45, 7) is 7.38. The maximum Gasteiger partial charge on any atom is 0.217 e. The highest BCUT2D eigenvalue weighted by Crippen LogP contribution is 1.82. The third-order valence-electron chi connectivity index (χ3n) is 1.73. The largest absolute Gasteiger partial charge is 0.353 e. The summed E-state index contributed by atoms with van der Waals surface area (Å²) in [6.07, 6.45) is 0. The summed E-state index contributed by atoms with van der Waals surface area (Å²) in [5.41, 5.74) is 0. The second-order valence-corrected chi connectivity index (χ2v) is 3.47. The lowest BCUT2D eigenvalue weighted by Crippen LogP contribution is -2.44. The molecular weight excluding hydrogens is 166 g/mol. The molecule has 0 aromatic rings. The summed E-state index contributed by atoms with van der Waals surface area (Å²) < 4.78 is 0. The molecule has 0 saturated carbocycles. The number of likely N-dealkylation sites (N-methyl/N-ethyl adjacent to an activating group) is 1. The van der Waals surface area contributed by atoms with Crippen molar-refractivity contribution in [2.45, 2.75) is 32.9 Å². The van der Waals surface area contributed by atoms with Crippen LogP contribution in [-0.2, 0) is 4.79 Å². The summed E-state index contributed by atoms with van der Waals surface area (Å²) in [4.78, 5) is 10.7. The number of carbonyl (C=O) groups is 1. The van der Waals surface area contributed by atoms with Crippen molar-refractivity contribution in [2.75, 3.05) is 20.1 Å². The highest BCUT2D eigenvalue weighted by molar-refractivity contribution is 5.73. The van der Waals surface area contributed by atoms with E-state index >= 15 is 0 Å². The van der Waals surface area contributed by atoms with E-state index in [1.807, 2.05) is 14.0 Å². The average molecular weight is 187 g/mol. The Balaban J connectivity index is 3.45. The standard InChI is InChI=1S/C9H21N3O/c1-7(5-10-4)11-6-8(2)12-9(3)13/h7-8,10-11H,5-6H2,1-4H3,(H,12,13)/t7-,8+/m0/s1. The van der Waals surface area contributed by atoms with Crippen LogP contribution in [0.1, 0.15) is 20.8 Å². The van der Waals surface area contributed by atoms with Crippen LogP contribution in [0, 0.1) is 0 Å². The van der Waals surface area contributed by atoms with E-state index in [-0.39, 0.29) is 11.9 Å². The van der Waals surface area contributed by atoms with Crippen LogP contribution in [-0.4, -0.2) is 38.1 Å². The van der Waals surface area contributed by atoms with Crippen LogP contribution in [0.15, 0.2) is 0 Å². The summed E-state index contributed by atoms with van der Waals surface area (Å²) in [7, 11) is 1.93. The molecule has 0 spiro atoms. The lowest BCUT2D eigenvalue weighted by Gasteiger charge is -2.17. The molecule has 2 atom stereocenters. The monoisotopic (exact) mass is 187 g/mol. The van der Waals surface area contributed by atoms with Gasteiger partial charge in [0, 0.05) is 32.1 Å². The molecule has 0 fully saturated rings. The molecule has 0 rings (SSSR count). The summed E-state index contributed by atoms with van der Waals surface area (Å²) >= 11 is 0. The minimum atomic E-state index is 0.0237. The van der Waals surface area contributed by atoms with Crippen LogP contribution >= 0.6 is 0 Å². The maximum atomic E-state index is 10.7. The summed E-state index contributed by atoms with van der Waals surface area (Å²) in [5, 5.41) is 9.21. The van der Waals surface area contributed by atoms with Crippen molar-refractivity contribution in [2.24, 2.45) is 0 Å². The smallest absolute Gasteiger partial charge is 0.217 e. The lowest BCUT2D eigenvalue weighted by molar-refractivity contribution is -0.119. The molecule has 3 N–H and O–H groups in total. The van der Waals surface area contributed by atoms with Crippen LogP contribution in [0.4, 0.5) is 0 Å². The first-order valence-corrected chi connectivity index (χ1v) is 4.71. The van der Waals surface area contributed by atoms with E-state index in [2.05, 4.69) is 22.9 Å². The fourth-order valence-electron chi connectivity index (χ4n) is 1.15. The van der Waals surface area contributed by atoms with E-state index in [1.54, 1.807) is 0 Å². The fourth-order valence-corrected chi connectivity index (χ4v) is 1.15. The van der Waals surface area contributed by atoms with Gasteiger partial charge in [0.05, 0.1) is 0 Å². The molecule has 0 aliphatic heterocycles. The quantitative estimate of drug-likeness (QED) is 0.535. The van der Waals surface area contributed by atoms with Gasteiger partial charge in [-0.3, -0.25) is 4.79 Å². The predicted molar refractivity (Wildman–Crippen MR) is 54.7 cm³/mol. The van der Waals surface area contributed by atoms with Crippen molar-refractivity contribution in [3.8, 4) is 0 Å². The van der Waals surface area contributed by atoms with Gasteiger partial charge >= 0.3 is 0 Å². The van der Waals surface area contributed by atoms with Gasteiger partial charge in [-0.25, -0.2) is 0 Å². The van der Waals surface area contributed by atoms with Crippen molar-refractivity contribution < 1.29 is 4.79 Å². The van der Waals surface area contributed by atoms with E-state index in [0.29, 0.717) is 6.04 Å². The molecular formula is C9H21N3O. The maximum absolute atomic E-state index is 10.7. The molecule has 0 aromatic carbocycles. The molecule has 13 heavy (non-hydrogen) atoms. The third kappa shape index (κ3) is 7.74. The summed E-state index contributed by atoms with van der Waals surface area (Å²) in [6, 6.07) is 0.623. The highest BCUT2D eigenvalue weighted by Gasteiger charge is 2.04. The lowest BCUT2D eigenvalue weighted by atomic mass is 10.3. The van der Waals surface area contributed by atoms with Gasteiger partial charge in [0.1, 0.15) is 0 Å². The molecule has 78 valence electrons. The number of carbonyl (C=O) groups excluding carboxylic acids is 1. The zero-order valence-corrected chi connectivity index (χ0v) is 8.98. The SMILES string of the molecule is CNC[C@H](C)NC[C@@H](C)NC(C)=O. The first kappa shape index (κ1) is 12.4. The van der Waals surface area contributed by atoms with Crippen LogP contribution in [0.5, 0.6) is 0 Å². The van der Waals surface area contributed by atoms with Gasteiger partial charge in [-0.05, 0) is 20.9 Å². The van der Waals surface area contributed by atoms with E-state index in [4.69, 9.17) is 0 Å². The molecule has 0 bridgehead atoms. The predicted octanol–water partition coefficient (Wildman–Crippen LogP) is -0.291. The van der Waals surface area contributed by atoms with Gasteiger partial charge in [-0.1, -0.05) is 0 Å². The number of amides is 1. The zero-order valence-electron chi connectivity index (χ0n) is 8.98. The molecule has 0 radical (unpaired) electrons. The van der Waals surface area contributed by atoms with Crippen molar-refractivity contribution in [3.63, 3.8) is 0 Å². The van der Waals surface area contributed by atoms with E-state index in [0.717, 1.165) is 13.1 Å². The molecule has 0 aliphatic rings. The molecule has 0 unspecified atom stereocenters. The van der Waals surface area contributed by atoms with Crippen LogP contribution in [0.3, 0.4) is 0 Å². The Kier molecular flexibility index (Phi) is 6.54. The van der Waals surface area contributed by atoms with Crippen molar-refractivity contribution in [1.82, 2.24) is 16.0 Å². The minimum Gasteiger partial charge on any atom is -0.353 e. The molecule has 0 aromatic heterocycles. The first-order chi connectivity index (χ1) is 6.06. The van der Waals surface area contributed by atoms with Crippen molar-refractivity contribution >= 4 is 5.91 Å². The molecule has 1 amide bonds. The Morgan fingerprint density at radius 2 is 1.85 bits per heavy atom. The third-order valence-corrected chi connectivity index (χ3v) is 1.73. The second-order valence-electron chi connectivity index (χ2n) is 3.47. The van der Waals surface area contributed by atoms with Gasteiger partial charge in [0.25, 0.3) is 0 Å². The Bertz CT molecular complexity index is 150.